The van der Waals surface area contributed by atoms with Crippen LogP contribution in [0, 0.1) is 5.92 Å². The molecule has 134 valence electrons. The van der Waals surface area contributed by atoms with Crippen molar-refractivity contribution in [3.63, 3.8) is 0 Å². The smallest absolute Gasteiger partial charge is 0.251 e. The van der Waals surface area contributed by atoms with Gasteiger partial charge >= 0.3 is 0 Å². The molecule has 1 amide bonds. The highest BCUT2D eigenvalue weighted by atomic mass is 32.2. The first-order chi connectivity index (χ1) is 12.3. The van der Waals surface area contributed by atoms with E-state index in [1.807, 2.05) is 42.1 Å². The molecule has 1 N–H and O–H groups in total. The van der Waals surface area contributed by atoms with E-state index in [4.69, 9.17) is 0 Å². The molecule has 1 aliphatic rings. The van der Waals surface area contributed by atoms with Gasteiger partial charge in [-0.15, -0.1) is 0 Å². The van der Waals surface area contributed by atoms with Crippen molar-refractivity contribution in [3.8, 4) is 0 Å². The molecule has 2 aromatic rings. The summed E-state index contributed by atoms with van der Waals surface area (Å²) in [6.07, 6.45) is 5.89. The summed E-state index contributed by atoms with van der Waals surface area (Å²) in [5.74, 6) is 1.86. The molecule has 4 heteroatoms. The van der Waals surface area contributed by atoms with Gasteiger partial charge in [0.25, 0.3) is 5.91 Å². The van der Waals surface area contributed by atoms with Crippen molar-refractivity contribution in [3.05, 3.63) is 48.0 Å². The minimum absolute atomic E-state index is 0.0521. The molecule has 3 nitrogen and oxygen atoms in total. The van der Waals surface area contributed by atoms with Crippen LogP contribution in [0.15, 0.2) is 42.5 Å². The highest BCUT2D eigenvalue weighted by Gasteiger charge is 2.20. The molecule has 1 heterocycles. The monoisotopic (exact) mass is 356 g/mol. The summed E-state index contributed by atoms with van der Waals surface area (Å²) in [5.41, 5.74) is 0.783. The number of amides is 1. The number of hydrogen-bond donors (Lipinski definition) is 1. The second-order valence-corrected chi connectivity index (χ2v) is 7.88. The maximum absolute atomic E-state index is 12.7. The predicted molar refractivity (Wildman–Crippen MR) is 108 cm³/mol. The number of hydrogen-bond acceptors (Lipinski definition) is 3. The van der Waals surface area contributed by atoms with Crippen LogP contribution in [0.3, 0.4) is 0 Å². The number of piperidine rings is 1. The Balaban J connectivity index is 1.55. The van der Waals surface area contributed by atoms with Gasteiger partial charge < -0.3 is 10.2 Å². The lowest BCUT2D eigenvalue weighted by atomic mass is 9.97. The number of nitrogens with zero attached hydrogens (tertiary/aromatic N) is 1. The summed E-state index contributed by atoms with van der Waals surface area (Å²) < 4.78 is 0. The Morgan fingerprint density at radius 2 is 2.08 bits per heavy atom. The zero-order valence-corrected chi connectivity index (χ0v) is 15.9. The molecular formula is C21H28N2OS. The van der Waals surface area contributed by atoms with E-state index in [0.29, 0.717) is 5.92 Å². The second-order valence-electron chi connectivity index (χ2n) is 6.89. The minimum Gasteiger partial charge on any atom is -0.352 e. The van der Waals surface area contributed by atoms with E-state index in [2.05, 4.69) is 28.6 Å². The number of fused-ring (bicyclic) bond motifs is 1. The molecule has 1 aliphatic heterocycles. The molecule has 0 spiro atoms. The van der Waals surface area contributed by atoms with Gasteiger partial charge in [0.1, 0.15) is 0 Å². The van der Waals surface area contributed by atoms with E-state index in [0.717, 1.165) is 29.4 Å². The third kappa shape index (κ3) is 4.99. The SMILES string of the molecule is CSCCCN1CCC[C@H](CNC(=O)c2cccc3ccccc23)C1. The lowest BCUT2D eigenvalue weighted by Crippen LogP contribution is -2.41. The number of benzene rings is 2. The molecule has 0 aliphatic carbocycles. The molecule has 3 rings (SSSR count). The molecule has 1 atom stereocenters. The van der Waals surface area contributed by atoms with Crippen LogP contribution in [0.1, 0.15) is 29.6 Å². The van der Waals surface area contributed by atoms with E-state index >= 15 is 0 Å². The van der Waals surface area contributed by atoms with E-state index in [1.54, 1.807) is 0 Å². The molecule has 0 saturated carbocycles. The van der Waals surface area contributed by atoms with Crippen LogP contribution in [-0.4, -0.2) is 49.0 Å². The van der Waals surface area contributed by atoms with Crippen molar-refractivity contribution in [1.29, 1.82) is 0 Å². The van der Waals surface area contributed by atoms with Crippen LogP contribution in [0.25, 0.3) is 10.8 Å². The highest BCUT2D eigenvalue weighted by molar-refractivity contribution is 7.98. The number of carbonyl (C=O) groups excluding carboxylic acids is 1. The lowest BCUT2D eigenvalue weighted by Gasteiger charge is -2.32. The maximum atomic E-state index is 12.7. The van der Waals surface area contributed by atoms with E-state index in [9.17, 15) is 4.79 Å². The standard InChI is InChI=1S/C21H28N2OS/c1-25-14-6-13-23-12-5-7-17(16-23)15-22-21(24)20-11-4-9-18-8-2-3-10-19(18)20/h2-4,8-11,17H,5-7,12-16H2,1H3,(H,22,24)/t17-/m1/s1. The van der Waals surface area contributed by atoms with Crippen molar-refractivity contribution in [2.45, 2.75) is 19.3 Å². The van der Waals surface area contributed by atoms with E-state index in [1.165, 1.54) is 38.1 Å². The first-order valence-electron chi connectivity index (χ1n) is 9.25. The molecular weight excluding hydrogens is 328 g/mol. The van der Waals surface area contributed by atoms with Gasteiger partial charge in [-0.3, -0.25) is 4.79 Å². The summed E-state index contributed by atoms with van der Waals surface area (Å²) in [7, 11) is 0. The largest absolute Gasteiger partial charge is 0.352 e. The molecule has 1 fully saturated rings. The average molecular weight is 357 g/mol. The average Bonchev–Trinajstić information content (AvgIpc) is 2.66. The van der Waals surface area contributed by atoms with Crippen LogP contribution in [0.5, 0.6) is 0 Å². The Hall–Kier alpha value is -1.52. The Morgan fingerprint density at radius 3 is 2.96 bits per heavy atom. The molecule has 0 radical (unpaired) electrons. The molecule has 25 heavy (non-hydrogen) atoms. The zero-order valence-electron chi connectivity index (χ0n) is 15.0. The topological polar surface area (TPSA) is 32.3 Å². The number of thioether (sulfide) groups is 1. The van der Waals surface area contributed by atoms with Crippen LogP contribution in [0.2, 0.25) is 0 Å². The Kier molecular flexibility index (Phi) is 6.76. The van der Waals surface area contributed by atoms with Crippen LogP contribution in [0.4, 0.5) is 0 Å². The first-order valence-corrected chi connectivity index (χ1v) is 10.6. The van der Waals surface area contributed by atoms with Gasteiger partial charge in [0.15, 0.2) is 0 Å². The van der Waals surface area contributed by atoms with Gasteiger partial charge in [-0.1, -0.05) is 36.4 Å². The van der Waals surface area contributed by atoms with Gasteiger partial charge in [0.05, 0.1) is 0 Å². The van der Waals surface area contributed by atoms with Crippen molar-refractivity contribution >= 4 is 28.4 Å². The molecule has 0 unspecified atom stereocenters. The number of nitrogens with one attached hydrogen (secondary N) is 1. The van der Waals surface area contributed by atoms with E-state index in [-0.39, 0.29) is 5.91 Å². The quantitative estimate of drug-likeness (QED) is 0.760. The van der Waals surface area contributed by atoms with E-state index < -0.39 is 0 Å². The molecule has 2 aromatic carbocycles. The second kappa shape index (κ2) is 9.25. The number of rotatable bonds is 7. The number of likely N-dealkylation sites (tertiary alicyclic amines) is 1. The first kappa shape index (κ1) is 18.3. The Labute approximate surface area is 155 Å². The van der Waals surface area contributed by atoms with Crippen LogP contribution in [-0.2, 0) is 0 Å². The van der Waals surface area contributed by atoms with Gasteiger partial charge in [-0.05, 0) is 67.1 Å². The summed E-state index contributed by atoms with van der Waals surface area (Å²) in [6.45, 7) is 4.29. The van der Waals surface area contributed by atoms with Gasteiger partial charge in [-0.2, -0.15) is 11.8 Å². The van der Waals surface area contributed by atoms with Crippen molar-refractivity contribution < 1.29 is 4.79 Å². The van der Waals surface area contributed by atoms with Gasteiger partial charge in [0.2, 0.25) is 0 Å². The van der Waals surface area contributed by atoms with Gasteiger partial charge in [0, 0.05) is 18.7 Å². The van der Waals surface area contributed by atoms with Crippen molar-refractivity contribution in [2.75, 3.05) is 38.2 Å². The van der Waals surface area contributed by atoms with Crippen molar-refractivity contribution in [2.24, 2.45) is 5.92 Å². The highest BCUT2D eigenvalue weighted by Crippen LogP contribution is 2.19. The summed E-state index contributed by atoms with van der Waals surface area (Å²) in [6, 6.07) is 14.0. The molecule has 0 bridgehead atoms. The fourth-order valence-corrected chi connectivity index (χ4v) is 4.13. The third-order valence-electron chi connectivity index (χ3n) is 5.01. The normalized spacial score (nSPS) is 18.4. The van der Waals surface area contributed by atoms with Crippen LogP contribution < -0.4 is 5.32 Å². The van der Waals surface area contributed by atoms with Gasteiger partial charge in [-0.25, -0.2) is 0 Å². The predicted octanol–water partition coefficient (Wildman–Crippen LogP) is 4.03. The maximum Gasteiger partial charge on any atom is 0.251 e. The zero-order chi connectivity index (χ0) is 17.5. The summed E-state index contributed by atoms with van der Waals surface area (Å²) in [5, 5.41) is 5.33. The van der Waals surface area contributed by atoms with Crippen molar-refractivity contribution in [1.82, 2.24) is 10.2 Å². The Morgan fingerprint density at radius 1 is 1.24 bits per heavy atom. The number of carbonyl (C=O) groups is 1. The fourth-order valence-electron chi connectivity index (χ4n) is 3.71. The Bertz CT molecular complexity index is 698. The molecule has 0 aromatic heterocycles. The minimum atomic E-state index is 0.0521. The fraction of sp³-hybridized carbons (Fsp3) is 0.476. The molecule has 1 saturated heterocycles. The van der Waals surface area contributed by atoms with Crippen LogP contribution >= 0.6 is 11.8 Å². The lowest BCUT2D eigenvalue weighted by molar-refractivity contribution is 0.0934. The summed E-state index contributed by atoms with van der Waals surface area (Å²) in [4.78, 5) is 15.2. The summed E-state index contributed by atoms with van der Waals surface area (Å²) >= 11 is 1.92. The third-order valence-corrected chi connectivity index (χ3v) is 5.71.